The zero-order valence-electron chi connectivity index (χ0n) is 24.8. The molecule has 0 aliphatic carbocycles. The molecule has 3 rings (SSSR count). The van der Waals surface area contributed by atoms with E-state index in [1.807, 2.05) is 20.8 Å². The van der Waals surface area contributed by atoms with E-state index in [1.165, 1.54) is 61.6 Å². The third-order valence-corrected chi connectivity index (χ3v) is 8.75. The van der Waals surface area contributed by atoms with Crippen molar-refractivity contribution in [2.45, 2.75) is 57.6 Å². The van der Waals surface area contributed by atoms with E-state index in [0.29, 0.717) is 17.7 Å². The highest BCUT2D eigenvalue weighted by Crippen LogP contribution is 2.36. The van der Waals surface area contributed by atoms with Crippen LogP contribution in [0.25, 0.3) is 0 Å². The maximum Gasteiger partial charge on any atom is 0.264 e. The molecule has 0 radical (unpaired) electrons. The number of aryl methyl sites for hydroxylation is 1. The van der Waals surface area contributed by atoms with E-state index < -0.39 is 40.2 Å². The number of nitrogens with one attached hydrogen (secondary N) is 1. The molecule has 0 spiro atoms. The zero-order valence-corrected chi connectivity index (χ0v) is 25.6. The number of anilines is 1. The van der Waals surface area contributed by atoms with Gasteiger partial charge in [-0.25, -0.2) is 12.8 Å². The van der Waals surface area contributed by atoms with Gasteiger partial charge in [0, 0.05) is 18.7 Å². The molecule has 0 saturated carbocycles. The lowest BCUT2D eigenvalue weighted by Gasteiger charge is -2.33. The first kappa shape index (κ1) is 32.4. The number of rotatable bonds is 13. The molecule has 0 aliphatic rings. The summed E-state index contributed by atoms with van der Waals surface area (Å²) >= 11 is 0. The normalized spacial score (nSPS) is 12.6. The minimum Gasteiger partial charge on any atom is -0.497 e. The van der Waals surface area contributed by atoms with Gasteiger partial charge in [0.15, 0.2) is 0 Å². The molecule has 226 valence electrons. The van der Waals surface area contributed by atoms with Gasteiger partial charge in [0.1, 0.15) is 29.9 Å². The molecule has 0 unspecified atom stereocenters. The lowest BCUT2D eigenvalue weighted by Crippen LogP contribution is -2.52. The van der Waals surface area contributed by atoms with Gasteiger partial charge in [-0.1, -0.05) is 36.8 Å². The molecule has 0 aliphatic heterocycles. The van der Waals surface area contributed by atoms with Gasteiger partial charge in [-0.15, -0.1) is 0 Å². The number of sulfonamides is 1. The Labute approximate surface area is 247 Å². The van der Waals surface area contributed by atoms with Gasteiger partial charge >= 0.3 is 0 Å². The molecule has 11 heteroatoms. The fraction of sp³-hybridized carbons (Fsp3) is 0.355. The molecule has 3 aromatic carbocycles. The van der Waals surface area contributed by atoms with Crippen molar-refractivity contribution in [2.75, 3.05) is 25.1 Å². The van der Waals surface area contributed by atoms with E-state index in [4.69, 9.17) is 9.47 Å². The van der Waals surface area contributed by atoms with E-state index in [2.05, 4.69) is 5.32 Å². The van der Waals surface area contributed by atoms with Crippen LogP contribution in [-0.2, 0) is 26.2 Å². The average Bonchev–Trinajstić information content (AvgIpc) is 2.98. The standard InChI is InChI=1S/C31H38FN3O6S/c1-7-22(3)33-31(37)23(4)34(19-24-10-12-25(32)13-11-24)30(36)20-35(28-18-26(40-5)14-17-29(28)41-6)42(38,39)27-15-8-21(2)9-16-27/h8-18,22-23H,7,19-20H2,1-6H3,(H,33,37)/t22-,23-/m1/s1. The van der Waals surface area contributed by atoms with Gasteiger partial charge in [-0.2, -0.15) is 0 Å². The smallest absolute Gasteiger partial charge is 0.264 e. The molecule has 0 heterocycles. The van der Waals surface area contributed by atoms with E-state index in [0.717, 1.165) is 9.87 Å². The molecule has 2 amide bonds. The minimum atomic E-state index is -4.30. The van der Waals surface area contributed by atoms with Crippen LogP contribution in [0, 0.1) is 12.7 Å². The zero-order chi connectivity index (χ0) is 31.0. The van der Waals surface area contributed by atoms with Gasteiger partial charge in [-0.05, 0) is 69.2 Å². The predicted molar refractivity (Wildman–Crippen MR) is 160 cm³/mol. The molecule has 1 N–H and O–H groups in total. The van der Waals surface area contributed by atoms with Crippen LogP contribution in [0.3, 0.4) is 0 Å². The van der Waals surface area contributed by atoms with Crippen LogP contribution in [0.5, 0.6) is 11.5 Å². The number of hydrogen-bond donors (Lipinski definition) is 1. The Hall–Kier alpha value is -4.12. The van der Waals surface area contributed by atoms with Crippen LogP contribution in [0.15, 0.2) is 71.6 Å². The first-order chi connectivity index (χ1) is 19.9. The number of carbonyl (C=O) groups excluding carboxylic acids is 2. The predicted octanol–water partition coefficient (Wildman–Crippen LogP) is 4.68. The van der Waals surface area contributed by atoms with E-state index in [-0.39, 0.29) is 28.9 Å². The lowest BCUT2D eigenvalue weighted by atomic mass is 10.1. The molecule has 0 aromatic heterocycles. The monoisotopic (exact) mass is 599 g/mol. The third-order valence-electron chi connectivity index (χ3n) is 6.98. The molecule has 0 bridgehead atoms. The van der Waals surface area contributed by atoms with Crippen LogP contribution >= 0.6 is 0 Å². The number of methoxy groups -OCH3 is 2. The van der Waals surface area contributed by atoms with E-state index in [9.17, 15) is 22.4 Å². The van der Waals surface area contributed by atoms with Gasteiger partial charge in [0.05, 0.1) is 24.8 Å². The number of ether oxygens (including phenoxy) is 2. The highest BCUT2D eigenvalue weighted by Gasteiger charge is 2.34. The van der Waals surface area contributed by atoms with Crippen LogP contribution in [0.4, 0.5) is 10.1 Å². The fourth-order valence-electron chi connectivity index (χ4n) is 4.18. The number of amides is 2. The second kappa shape index (κ2) is 14.2. The first-order valence-corrected chi connectivity index (χ1v) is 15.0. The number of nitrogens with zero attached hydrogens (tertiary/aromatic N) is 2. The maximum atomic E-state index is 14.1. The van der Waals surface area contributed by atoms with Crippen molar-refractivity contribution < 1.29 is 31.9 Å². The summed E-state index contributed by atoms with van der Waals surface area (Å²) < 4.78 is 53.6. The van der Waals surface area contributed by atoms with Gasteiger partial charge in [0.2, 0.25) is 11.8 Å². The number of carbonyl (C=O) groups is 2. The van der Waals surface area contributed by atoms with Gasteiger partial charge in [-0.3, -0.25) is 13.9 Å². The summed E-state index contributed by atoms with van der Waals surface area (Å²) in [6.45, 7) is 6.48. The minimum absolute atomic E-state index is 0.0292. The van der Waals surface area contributed by atoms with Crippen molar-refractivity contribution in [3.05, 3.63) is 83.7 Å². The third kappa shape index (κ3) is 7.79. The highest BCUT2D eigenvalue weighted by molar-refractivity contribution is 7.92. The summed E-state index contributed by atoms with van der Waals surface area (Å²) in [7, 11) is -1.47. The average molecular weight is 600 g/mol. The topological polar surface area (TPSA) is 105 Å². The van der Waals surface area contributed by atoms with Crippen LogP contribution in [0.1, 0.15) is 38.3 Å². The Morgan fingerprint density at radius 1 is 0.952 bits per heavy atom. The lowest BCUT2D eigenvalue weighted by molar-refractivity contribution is -0.139. The van der Waals surface area contributed by atoms with E-state index >= 15 is 0 Å². The molecule has 0 saturated heterocycles. The van der Waals surface area contributed by atoms with Gasteiger partial charge < -0.3 is 19.7 Å². The fourth-order valence-corrected chi connectivity index (χ4v) is 5.59. The number of halogens is 1. The number of benzene rings is 3. The van der Waals surface area contributed by atoms with Crippen LogP contribution in [-0.4, -0.2) is 58.0 Å². The quantitative estimate of drug-likeness (QED) is 0.306. The Morgan fingerprint density at radius 3 is 2.17 bits per heavy atom. The Bertz CT molecular complexity index is 1480. The maximum absolute atomic E-state index is 14.1. The van der Waals surface area contributed by atoms with Crippen molar-refractivity contribution in [1.29, 1.82) is 0 Å². The second-order valence-corrected chi connectivity index (χ2v) is 11.9. The first-order valence-electron chi connectivity index (χ1n) is 13.6. The van der Waals surface area contributed by atoms with Crippen molar-refractivity contribution in [3.63, 3.8) is 0 Å². The molecule has 2 atom stereocenters. The summed E-state index contributed by atoms with van der Waals surface area (Å²) in [5.74, 6) is -0.933. The highest BCUT2D eigenvalue weighted by atomic mass is 32.2. The summed E-state index contributed by atoms with van der Waals surface area (Å²) in [6.07, 6.45) is 0.683. The molecular weight excluding hydrogens is 561 g/mol. The van der Waals surface area contributed by atoms with Crippen molar-refractivity contribution in [2.24, 2.45) is 0 Å². The SMILES string of the molecule is CC[C@@H](C)NC(=O)[C@@H](C)N(Cc1ccc(F)cc1)C(=O)CN(c1cc(OC)ccc1OC)S(=O)(=O)c1ccc(C)cc1. The molecule has 9 nitrogen and oxygen atoms in total. The summed E-state index contributed by atoms with van der Waals surface area (Å²) in [6, 6.07) is 15.3. The summed E-state index contributed by atoms with van der Waals surface area (Å²) in [5.41, 5.74) is 1.52. The van der Waals surface area contributed by atoms with E-state index in [1.54, 1.807) is 31.2 Å². The van der Waals surface area contributed by atoms with Gasteiger partial charge in [0.25, 0.3) is 10.0 Å². The second-order valence-electron chi connectivity index (χ2n) is 10.0. The Morgan fingerprint density at radius 2 is 1.60 bits per heavy atom. The molecule has 42 heavy (non-hydrogen) atoms. The van der Waals surface area contributed by atoms with Crippen molar-refractivity contribution in [3.8, 4) is 11.5 Å². The summed E-state index contributed by atoms with van der Waals surface area (Å²) in [4.78, 5) is 28.5. The van der Waals surface area contributed by atoms with Crippen molar-refractivity contribution in [1.82, 2.24) is 10.2 Å². The Kier molecular flexibility index (Phi) is 10.9. The van der Waals surface area contributed by atoms with Crippen LogP contribution in [0.2, 0.25) is 0 Å². The Balaban J connectivity index is 2.11. The molecular formula is C31H38FN3O6S. The largest absolute Gasteiger partial charge is 0.497 e. The van der Waals surface area contributed by atoms with Crippen LogP contribution < -0.4 is 19.1 Å². The molecule has 0 fully saturated rings. The summed E-state index contributed by atoms with van der Waals surface area (Å²) in [5, 5.41) is 2.88. The molecule has 3 aromatic rings. The van der Waals surface area contributed by atoms with Crippen molar-refractivity contribution >= 4 is 27.5 Å². The number of hydrogen-bond acceptors (Lipinski definition) is 6.